The Morgan fingerprint density at radius 3 is 2.52 bits per heavy atom. The van der Waals surface area contributed by atoms with Gasteiger partial charge in [-0.2, -0.15) is 0 Å². The lowest BCUT2D eigenvalue weighted by atomic mass is 9.91. The molecule has 7 nitrogen and oxygen atoms in total. The highest BCUT2D eigenvalue weighted by Crippen LogP contribution is 2.31. The molecule has 2 aromatic rings. The number of amides is 2. The summed E-state index contributed by atoms with van der Waals surface area (Å²) in [6.07, 6.45) is 4.21. The van der Waals surface area contributed by atoms with Crippen LogP contribution in [-0.2, 0) is 0 Å². The number of nitrogens with one attached hydrogen (secondary N) is 2. The van der Waals surface area contributed by atoms with Gasteiger partial charge < -0.3 is 5.32 Å². The van der Waals surface area contributed by atoms with Crippen molar-refractivity contribution >= 4 is 23.6 Å². The summed E-state index contributed by atoms with van der Waals surface area (Å²) in [7, 11) is 0. The number of hydrogen-bond donors (Lipinski definition) is 2. The van der Waals surface area contributed by atoms with Gasteiger partial charge in [-0.1, -0.05) is 31.0 Å². The summed E-state index contributed by atoms with van der Waals surface area (Å²) < 4.78 is 0. The number of benzene rings is 1. The minimum Gasteiger partial charge on any atom is -0.307 e. The van der Waals surface area contributed by atoms with Crippen molar-refractivity contribution in [1.82, 2.24) is 14.9 Å². The molecule has 1 aromatic carbocycles. The summed E-state index contributed by atoms with van der Waals surface area (Å²) in [5, 5.41) is 6.17. The van der Waals surface area contributed by atoms with Crippen LogP contribution >= 0.6 is 0 Å². The van der Waals surface area contributed by atoms with Crippen LogP contribution in [0.25, 0.3) is 0 Å². The zero-order valence-electron chi connectivity index (χ0n) is 15.6. The molecular weight excluding hydrogens is 340 g/mol. The van der Waals surface area contributed by atoms with Gasteiger partial charge in [0.25, 0.3) is 0 Å². The molecule has 1 fully saturated rings. The number of anilines is 2. The Morgan fingerprint density at radius 1 is 1.07 bits per heavy atom. The van der Waals surface area contributed by atoms with E-state index in [1.807, 2.05) is 50.2 Å². The van der Waals surface area contributed by atoms with Gasteiger partial charge in [-0.3, -0.25) is 10.2 Å². The van der Waals surface area contributed by atoms with Gasteiger partial charge in [-0.25, -0.2) is 19.8 Å². The van der Waals surface area contributed by atoms with Gasteiger partial charge in [0.1, 0.15) is 0 Å². The molecule has 0 unspecified atom stereocenters. The third-order valence-corrected chi connectivity index (χ3v) is 4.99. The number of nitrogens with zero attached hydrogens (tertiary/aromatic N) is 4. The monoisotopic (exact) mass is 364 g/mol. The van der Waals surface area contributed by atoms with E-state index in [9.17, 15) is 4.79 Å². The first-order chi connectivity index (χ1) is 13.1. The van der Waals surface area contributed by atoms with Crippen molar-refractivity contribution in [2.45, 2.75) is 51.6 Å². The van der Waals surface area contributed by atoms with Gasteiger partial charge in [0.15, 0.2) is 0 Å². The molecule has 1 saturated carbocycles. The molecule has 2 N–H and O–H groups in total. The molecule has 1 aromatic heterocycles. The Morgan fingerprint density at radius 2 is 1.78 bits per heavy atom. The van der Waals surface area contributed by atoms with Gasteiger partial charge in [0.05, 0.1) is 12.1 Å². The number of urea groups is 1. The lowest BCUT2D eigenvalue weighted by Gasteiger charge is -2.31. The number of hydrogen-bond acceptors (Lipinski definition) is 5. The first kappa shape index (κ1) is 17.5. The van der Waals surface area contributed by atoms with E-state index in [2.05, 4.69) is 20.6 Å². The molecule has 0 radical (unpaired) electrons. The molecule has 0 spiro atoms. The van der Waals surface area contributed by atoms with E-state index in [0.717, 1.165) is 42.8 Å². The summed E-state index contributed by atoms with van der Waals surface area (Å²) in [4.78, 5) is 28.5. The van der Waals surface area contributed by atoms with Crippen LogP contribution in [0.2, 0.25) is 0 Å². The highest BCUT2D eigenvalue weighted by atomic mass is 16.2. The highest BCUT2D eigenvalue weighted by Gasteiger charge is 2.41. The molecule has 0 saturated heterocycles. The maximum Gasteiger partial charge on any atom is 0.328 e. The number of carbonyl (C=O) groups excluding carboxylic acids is 1. The normalized spacial score (nSPS) is 21.4. The van der Waals surface area contributed by atoms with E-state index in [1.54, 1.807) is 4.90 Å². The molecule has 1 aliphatic carbocycles. The molecule has 2 atom stereocenters. The van der Waals surface area contributed by atoms with Crippen molar-refractivity contribution in [3.05, 3.63) is 47.8 Å². The van der Waals surface area contributed by atoms with Crippen LogP contribution in [-0.4, -0.2) is 38.9 Å². The molecule has 140 valence electrons. The molecule has 1 aliphatic heterocycles. The minimum absolute atomic E-state index is 0.0795. The Hall–Kier alpha value is -2.96. The van der Waals surface area contributed by atoms with Crippen molar-refractivity contribution in [3.63, 3.8) is 0 Å². The topological polar surface area (TPSA) is 82.5 Å². The standard InChI is InChI=1S/C20H24N6O/c1-13-12-14(2)22-18(21-13)25-19-24-16-10-6-7-11-17(16)26(19)20(27)23-15-8-4-3-5-9-15/h3-5,8-9,12,16-17H,6-7,10-11H2,1-2H3,(H,23,27)(H,21,22,24,25)/t16-,17-/m1/s1. The van der Waals surface area contributed by atoms with Gasteiger partial charge in [-0.15, -0.1) is 0 Å². The molecule has 27 heavy (non-hydrogen) atoms. The van der Waals surface area contributed by atoms with Crippen molar-refractivity contribution < 1.29 is 4.79 Å². The predicted octanol–water partition coefficient (Wildman–Crippen LogP) is 3.72. The van der Waals surface area contributed by atoms with E-state index in [4.69, 9.17) is 4.99 Å². The van der Waals surface area contributed by atoms with Gasteiger partial charge in [-0.05, 0) is 44.9 Å². The highest BCUT2D eigenvalue weighted by molar-refractivity contribution is 6.08. The fraction of sp³-hybridized carbons (Fsp3) is 0.400. The third-order valence-electron chi connectivity index (χ3n) is 4.99. The SMILES string of the molecule is Cc1cc(C)nc(NC2=N[C@@H]3CCCC[C@H]3N2C(=O)Nc2ccccc2)n1. The summed E-state index contributed by atoms with van der Waals surface area (Å²) >= 11 is 0. The van der Waals surface area contributed by atoms with Crippen molar-refractivity contribution in [3.8, 4) is 0 Å². The number of aryl methyl sites for hydroxylation is 2. The number of carbonyl (C=O) groups is 1. The Bertz CT molecular complexity index is 846. The first-order valence-electron chi connectivity index (χ1n) is 9.42. The maximum absolute atomic E-state index is 13.1. The number of fused-ring (bicyclic) bond motifs is 1. The number of para-hydroxylation sites is 1. The molecule has 2 amide bonds. The van der Waals surface area contributed by atoms with Crippen LogP contribution in [0.5, 0.6) is 0 Å². The van der Waals surface area contributed by atoms with Crippen molar-refractivity contribution in [2.75, 3.05) is 10.6 Å². The van der Waals surface area contributed by atoms with Crippen molar-refractivity contribution in [2.24, 2.45) is 4.99 Å². The minimum atomic E-state index is -0.175. The van der Waals surface area contributed by atoms with Crippen LogP contribution in [0.3, 0.4) is 0 Å². The van der Waals surface area contributed by atoms with Crippen LogP contribution < -0.4 is 10.6 Å². The van der Waals surface area contributed by atoms with E-state index in [-0.39, 0.29) is 18.1 Å². The summed E-state index contributed by atoms with van der Waals surface area (Å²) in [5.74, 6) is 1.01. The quantitative estimate of drug-likeness (QED) is 0.851. The Kier molecular flexibility index (Phi) is 4.75. The number of aliphatic imine (C=N–C) groups is 1. The van der Waals surface area contributed by atoms with Crippen molar-refractivity contribution in [1.29, 1.82) is 0 Å². The summed E-state index contributed by atoms with van der Waals surface area (Å²) in [6.45, 7) is 3.85. The van der Waals surface area contributed by atoms with E-state index in [1.165, 1.54) is 0 Å². The molecular formula is C20H24N6O. The lowest BCUT2D eigenvalue weighted by Crippen LogP contribution is -2.49. The first-order valence-corrected chi connectivity index (χ1v) is 9.42. The van der Waals surface area contributed by atoms with Gasteiger partial charge in [0, 0.05) is 17.1 Å². The molecule has 7 heteroatoms. The number of aromatic nitrogens is 2. The molecule has 4 rings (SSSR count). The summed E-state index contributed by atoms with van der Waals surface area (Å²) in [6, 6.07) is 11.4. The van der Waals surface area contributed by atoms with E-state index in [0.29, 0.717) is 11.9 Å². The van der Waals surface area contributed by atoms with Crippen LogP contribution in [0.15, 0.2) is 41.4 Å². The molecule has 0 bridgehead atoms. The Labute approximate surface area is 158 Å². The maximum atomic E-state index is 13.1. The fourth-order valence-corrected chi connectivity index (χ4v) is 3.85. The average molecular weight is 364 g/mol. The zero-order valence-corrected chi connectivity index (χ0v) is 15.6. The zero-order chi connectivity index (χ0) is 18.8. The second kappa shape index (κ2) is 7.34. The fourth-order valence-electron chi connectivity index (χ4n) is 3.85. The van der Waals surface area contributed by atoms with Crippen LogP contribution in [0, 0.1) is 13.8 Å². The Balaban J connectivity index is 1.59. The van der Waals surface area contributed by atoms with Crippen LogP contribution in [0.1, 0.15) is 37.1 Å². The largest absolute Gasteiger partial charge is 0.328 e. The molecule has 2 aliphatic rings. The molecule has 2 heterocycles. The number of guanidine groups is 1. The number of rotatable bonds is 2. The third kappa shape index (κ3) is 3.77. The lowest BCUT2D eigenvalue weighted by molar-refractivity contribution is 0.209. The van der Waals surface area contributed by atoms with E-state index < -0.39 is 0 Å². The predicted molar refractivity (Wildman–Crippen MR) is 106 cm³/mol. The smallest absolute Gasteiger partial charge is 0.307 e. The second-order valence-corrected chi connectivity index (χ2v) is 7.14. The van der Waals surface area contributed by atoms with Gasteiger partial charge in [0.2, 0.25) is 11.9 Å². The van der Waals surface area contributed by atoms with E-state index >= 15 is 0 Å². The average Bonchev–Trinajstić information content (AvgIpc) is 2.99. The van der Waals surface area contributed by atoms with Crippen LogP contribution in [0.4, 0.5) is 16.4 Å². The second-order valence-electron chi connectivity index (χ2n) is 7.14. The van der Waals surface area contributed by atoms with Gasteiger partial charge >= 0.3 is 6.03 Å². The summed E-state index contributed by atoms with van der Waals surface area (Å²) in [5.41, 5.74) is 2.52.